The van der Waals surface area contributed by atoms with E-state index in [9.17, 15) is 14.7 Å². The minimum Gasteiger partial charge on any atom is -0.481 e. The summed E-state index contributed by atoms with van der Waals surface area (Å²) in [5.41, 5.74) is 3.55. The third-order valence-corrected chi connectivity index (χ3v) is 6.86. The van der Waals surface area contributed by atoms with Crippen molar-refractivity contribution in [1.82, 2.24) is 10.2 Å². The number of aliphatic carboxylic acids is 1. The summed E-state index contributed by atoms with van der Waals surface area (Å²) in [6.07, 6.45) is 5.50. The lowest BCUT2D eigenvalue weighted by Crippen LogP contribution is -2.52. The lowest BCUT2D eigenvalue weighted by Gasteiger charge is -2.37. The van der Waals surface area contributed by atoms with Crippen LogP contribution in [0, 0.1) is 5.92 Å². The molecule has 1 spiro atoms. The van der Waals surface area contributed by atoms with E-state index in [0.717, 1.165) is 63.7 Å². The van der Waals surface area contributed by atoms with E-state index in [1.807, 2.05) is 11.0 Å². The quantitative estimate of drug-likeness (QED) is 0.855. The molecule has 1 aromatic carbocycles. The summed E-state index contributed by atoms with van der Waals surface area (Å²) in [5, 5.41) is 12.6. The monoisotopic (exact) mass is 356 g/mol. The van der Waals surface area contributed by atoms with E-state index in [2.05, 4.69) is 24.4 Å². The van der Waals surface area contributed by atoms with Crippen molar-refractivity contribution < 1.29 is 14.7 Å². The van der Waals surface area contributed by atoms with Crippen molar-refractivity contribution in [3.8, 4) is 0 Å². The van der Waals surface area contributed by atoms with Crippen LogP contribution in [-0.4, -0.2) is 47.6 Å². The Morgan fingerprint density at radius 1 is 1.23 bits per heavy atom. The number of nitrogens with one attached hydrogen (secondary N) is 1. The van der Waals surface area contributed by atoms with Gasteiger partial charge in [-0.2, -0.15) is 0 Å². The van der Waals surface area contributed by atoms with E-state index in [0.29, 0.717) is 0 Å². The van der Waals surface area contributed by atoms with Crippen LogP contribution in [0.25, 0.3) is 0 Å². The molecule has 5 heteroatoms. The number of piperazine rings is 1. The number of carboxylic acids is 1. The maximum Gasteiger partial charge on any atom is 0.306 e. The van der Waals surface area contributed by atoms with Gasteiger partial charge in [0.2, 0.25) is 0 Å². The fourth-order valence-electron chi connectivity index (χ4n) is 5.18. The van der Waals surface area contributed by atoms with Gasteiger partial charge in [0.05, 0.1) is 5.92 Å². The Balaban J connectivity index is 1.58. The molecule has 1 heterocycles. The highest BCUT2D eigenvalue weighted by molar-refractivity contribution is 5.95. The molecule has 4 rings (SSSR count). The predicted octanol–water partition coefficient (Wildman–Crippen LogP) is 2.58. The first kappa shape index (κ1) is 17.5. The first-order valence-electron chi connectivity index (χ1n) is 9.88. The van der Waals surface area contributed by atoms with E-state index in [1.165, 1.54) is 11.1 Å². The SMILES string of the molecule is C[C@H]1CNCCN1C(=O)c1ccc2c(c1)C1(CC2)CCC(C(=O)O)CC1. The molecule has 2 N–H and O–H groups in total. The molecule has 1 aromatic rings. The second kappa shape index (κ2) is 6.69. The van der Waals surface area contributed by atoms with Crippen LogP contribution in [0.5, 0.6) is 0 Å². The fraction of sp³-hybridized carbons (Fsp3) is 0.619. The number of benzene rings is 1. The molecular weight excluding hydrogens is 328 g/mol. The zero-order valence-corrected chi connectivity index (χ0v) is 15.5. The van der Waals surface area contributed by atoms with E-state index in [4.69, 9.17) is 0 Å². The summed E-state index contributed by atoms with van der Waals surface area (Å²) in [7, 11) is 0. The molecule has 3 aliphatic rings. The van der Waals surface area contributed by atoms with Crippen molar-refractivity contribution in [2.75, 3.05) is 19.6 Å². The Bertz CT molecular complexity index is 722. The normalized spacial score (nSPS) is 31.0. The Hall–Kier alpha value is -1.88. The number of nitrogens with zero attached hydrogens (tertiary/aromatic N) is 1. The van der Waals surface area contributed by atoms with Crippen LogP contribution in [0.1, 0.15) is 60.5 Å². The number of rotatable bonds is 2. The van der Waals surface area contributed by atoms with Gasteiger partial charge in [-0.3, -0.25) is 9.59 Å². The van der Waals surface area contributed by atoms with Gasteiger partial charge in [0.15, 0.2) is 0 Å². The van der Waals surface area contributed by atoms with Crippen molar-refractivity contribution in [3.05, 3.63) is 34.9 Å². The molecular formula is C21H28N2O3. The smallest absolute Gasteiger partial charge is 0.306 e. The molecule has 26 heavy (non-hydrogen) atoms. The maximum absolute atomic E-state index is 13.0. The molecule has 0 unspecified atom stereocenters. The van der Waals surface area contributed by atoms with Gasteiger partial charge in [0.25, 0.3) is 5.91 Å². The molecule has 140 valence electrons. The summed E-state index contributed by atoms with van der Waals surface area (Å²) >= 11 is 0. The van der Waals surface area contributed by atoms with E-state index in [-0.39, 0.29) is 23.3 Å². The van der Waals surface area contributed by atoms with Crippen molar-refractivity contribution in [1.29, 1.82) is 0 Å². The zero-order chi connectivity index (χ0) is 18.3. The first-order chi connectivity index (χ1) is 12.5. The highest BCUT2D eigenvalue weighted by Gasteiger charge is 2.43. The molecule has 2 fully saturated rings. The van der Waals surface area contributed by atoms with E-state index < -0.39 is 5.97 Å². The van der Waals surface area contributed by atoms with Gasteiger partial charge < -0.3 is 15.3 Å². The van der Waals surface area contributed by atoms with Crippen LogP contribution < -0.4 is 5.32 Å². The minimum atomic E-state index is -0.658. The molecule has 1 aliphatic heterocycles. The predicted molar refractivity (Wildman–Crippen MR) is 99.4 cm³/mol. The summed E-state index contributed by atoms with van der Waals surface area (Å²) in [5.74, 6) is -0.728. The average molecular weight is 356 g/mol. The third-order valence-electron chi connectivity index (χ3n) is 6.86. The van der Waals surface area contributed by atoms with Gasteiger partial charge in [-0.15, -0.1) is 0 Å². The number of aryl methyl sites for hydroxylation is 1. The van der Waals surface area contributed by atoms with Crippen LogP contribution in [0.2, 0.25) is 0 Å². The van der Waals surface area contributed by atoms with Gasteiger partial charge in [-0.05, 0) is 74.1 Å². The van der Waals surface area contributed by atoms with Crippen molar-refractivity contribution in [2.24, 2.45) is 5.92 Å². The van der Waals surface area contributed by atoms with Gasteiger partial charge in [-0.25, -0.2) is 0 Å². The molecule has 0 radical (unpaired) electrons. The van der Waals surface area contributed by atoms with Gasteiger partial charge in [0.1, 0.15) is 0 Å². The fourth-order valence-corrected chi connectivity index (χ4v) is 5.18. The Morgan fingerprint density at radius 2 is 2.00 bits per heavy atom. The zero-order valence-electron chi connectivity index (χ0n) is 15.5. The number of carboxylic acid groups (broad SMARTS) is 1. The first-order valence-corrected chi connectivity index (χ1v) is 9.88. The third kappa shape index (κ3) is 2.92. The molecule has 1 saturated heterocycles. The Morgan fingerprint density at radius 3 is 2.69 bits per heavy atom. The lowest BCUT2D eigenvalue weighted by molar-refractivity contribution is -0.143. The number of fused-ring (bicyclic) bond motifs is 2. The highest BCUT2D eigenvalue weighted by atomic mass is 16.4. The summed E-state index contributed by atoms with van der Waals surface area (Å²) in [4.78, 5) is 26.3. The highest BCUT2D eigenvalue weighted by Crippen LogP contribution is 2.50. The molecule has 2 aliphatic carbocycles. The lowest BCUT2D eigenvalue weighted by atomic mass is 9.67. The maximum atomic E-state index is 13.0. The number of carbonyl (C=O) groups excluding carboxylic acids is 1. The van der Waals surface area contributed by atoms with Crippen LogP contribution in [0.15, 0.2) is 18.2 Å². The summed E-state index contributed by atoms with van der Waals surface area (Å²) < 4.78 is 0. The van der Waals surface area contributed by atoms with E-state index >= 15 is 0 Å². The number of carbonyl (C=O) groups is 2. The molecule has 1 amide bonds. The van der Waals surface area contributed by atoms with Crippen LogP contribution in [-0.2, 0) is 16.6 Å². The molecule has 0 aromatic heterocycles. The van der Waals surface area contributed by atoms with Crippen molar-refractivity contribution in [2.45, 2.75) is 56.9 Å². The van der Waals surface area contributed by atoms with Crippen LogP contribution in [0.4, 0.5) is 0 Å². The standard InChI is InChI=1S/C21H28N2O3/c1-14-13-22-10-11-23(14)19(24)17-3-2-15-4-7-21(18(15)12-17)8-5-16(6-9-21)20(25)26/h2-3,12,14,16,22H,4-11,13H2,1H3,(H,25,26)/t14-,16?,21?/m0/s1. The van der Waals surface area contributed by atoms with E-state index in [1.54, 1.807) is 0 Å². The molecule has 0 bridgehead atoms. The average Bonchev–Trinajstić information content (AvgIpc) is 3.00. The Kier molecular flexibility index (Phi) is 4.51. The van der Waals surface area contributed by atoms with Crippen LogP contribution in [0.3, 0.4) is 0 Å². The summed E-state index contributed by atoms with van der Waals surface area (Å²) in [6.45, 7) is 4.54. The van der Waals surface area contributed by atoms with Gasteiger partial charge >= 0.3 is 5.97 Å². The second-order valence-corrected chi connectivity index (χ2v) is 8.32. The molecule has 5 nitrogen and oxygen atoms in total. The minimum absolute atomic E-state index is 0.0899. The Labute approximate surface area is 154 Å². The summed E-state index contributed by atoms with van der Waals surface area (Å²) in [6, 6.07) is 6.45. The number of hydrogen-bond acceptors (Lipinski definition) is 3. The number of amides is 1. The molecule has 1 saturated carbocycles. The van der Waals surface area contributed by atoms with Gasteiger partial charge in [-0.1, -0.05) is 6.07 Å². The topological polar surface area (TPSA) is 69.6 Å². The van der Waals surface area contributed by atoms with Gasteiger partial charge in [0, 0.05) is 31.2 Å². The van der Waals surface area contributed by atoms with Crippen molar-refractivity contribution >= 4 is 11.9 Å². The van der Waals surface area contributed by atoms with Crippen LogP contribution >= 0.6 is 0 Å². The molecule has 1 atom stereocenters. The van der Waals surface area contributed by atoms with Crippen molar-refractivity contribution in [3.63, 3.8) is 0 Å². The number of hydrogen-bond donors (Lipinski definition) is 2. The largest absolute Gasteiger partial charge is 0.481 e. The second-order valence-electron chi connectivity index (χ2n) is 8.32.